The van der Waals surface area contributed by atoms with Crippen LogP contribution in [0.2, 0.25) is 0 Å². The van der Waals surface area contributed by atoms with Crippen LogP contribution in [0.1, 0.15) is 73.7 Å². The van der Waals surface area contributed by atoms with Crippen molar-refractivity contribution in [3.8, 4) is 0 Å². The molecule has 214 valence electrons. The molecule has 3 fully saturated rings. The summed E-state index contributed by atoms with van der Waals surface area (Å²) < 4.78 is 0. The first-order chi connectivity index (χ1) is 19.1. The number of piperidine rings is 3. The van der Waals surface area contributed by atoms with E-state index in [1.54, 1.807) is 11.9 Å². The van der Waals surface area contributed by atoms with Gasteiger partial charge in [0.1, 0.15) is 6.29 Å². The van der Waals surface area contributed by atoms with Gasteiger partial charge in [-0.3, -0.25) is 9.59 Å². The zero-order chi connectivity index (χ0) is 27.2. The number of rotatable bonds is 10. The van der Waals surface area contributed by atoms with Crippen LogP contribution >= 0.6 is 0 Å². The van der Waals surface area contributed by atoms with Crippen LogP contribution < -0.4 is 15.5 Å². The summed E-state index contributed by atoms with van der Waals surface area (Å²) in [5, 5.41) is 6.09. The van der Waals surface area contributed by atoms with Gasteiger partial charge < -0.3 is 30.1 Å². The second-order valence-corrected chi connectivity index (χ2v) is 12.3. The molecule has 2 amide bonds. The monoisotopic (exact) mass is 537 g/mol. The van der Waals surface area contributed by atoms with Crippen LogP contribution in [0.15, 0.2) is 18.2 Å². The number of benzene rings is 1. The van der Waals surface area contributed by atoms with Gasteiger partial charge in [0.15, 0.2) is 0 Å². The van der Waals surface area contributed by atoms with Gasteiger partial charge >= 0.3 is 0 Å². The minimum absolute atomic E-state index is 0.0979. The summed E-state index contributed by atoms with van der Waals surface area (Å²) >= 11 is 0. The second kappa shape index (κ2) is 13.3. The summed E-state index contributed by atoms with van der Waals surface area (Å²) in [7, 11) is 1.59. The van der Waals surface area contributed by atoms with E-state index in [4.69, 9.17) is 0 Å². The molecule has 3 saturated heterocycles. The van der Waals surface area contributed by atoms with Crippen molar-refractivity contribution in [1.29, 1.82) is 0 Å². The number of nitrogens with one attached hydrogen (secondary N) is 2. The molecule has 1 aromatic rings. The van der Waals surface area contributed by atoms with Crippen LogP contribution in [-0.2, 0) is 16.1 Å². The highest BCUT2D eigenvalue weighted by molar-refractivity contribution is 6.01. The molecule has 2 N–H and O–H groups in total. The van der Waals surface area contributed by atoms with Crippen molar-refractivity contribution in [3.05, 3.63) is 29.3 Å². The predicted molar refractivity (Wildman–Crippen MR) is 154 cm³/mol. The third-order valence-corrected chi connectivity index (χ3v) is 9.78. The summed E-state index contributed by atoms with van der Waals surface area (Å²) in [6.07, 6.45) is 10.7. The Kier molecular flexibility index (Phi) is 9.56. The topological polar surface area (TPSA) is 85.0 Å². The number of anilines is 1. The maximum Gasteiger partial charge on any atom is 0.255 e. The summed E-state index contributed by atoms with van der Waals surface area (Å²) in [4.78, 5) is 43.5. The van der Waals surface area contributed by atoms with Crippen molar-refractivity contribution in [1.82, 2.24) is 20.4 Å². The molecule has 0 bridgehead atoms. The fourth-order valence-electron chi connectivity index (χ4n) is 7.32. The Morgan fingerprint density at radius 3 is 2.41 bits per heavy atom. The van der Waals surface area contributed by atoms with Gasteiger partial charge in [0.05, 0.1) is 6.04 Å². The SMILES string of the molecule is CNC(=O)CCC(C=O)N1Cc2c(cccc2N2CCC(CN3CCC(CC4CCNCC4)CC3)CC2)C1=O. The van der Waals surface area contributed by atoms with Crippen molar-refractivity contribution in [2.45, 2.75) is 70.4 Å². The average molecular weight is 538 g/mol. The van der Waals surface area contributed by atoms with E-state index >= 15 is 0 Å². The first-order valence-electron chi connectivity index (χ1n) is 15.3. The van der Waals surface area contributed by atoms with Crippen molar-refractivity contribution < 1.29 is 14.4 Å². The third kappa shape index (κ3) is 6.83. The highest BCUT2D eigenvalue weighted by Crippen LogP contribution is 2.36. The molecule has 1 aromatic carbocycles. The molecule has 0 radical (unpaired) electrons. The van der Waals surface area contributed by atoms with Gasteiger partial charge in [-0.2, -0.15) is 0 Å². The Morgan fingerprint density at radius 2 is 1.72 bits per heavy atom. The molecule has 8 heteroatoms. The molecule has 0 aromatic heterocycles. The summed E-state index contributed by atoms with van der Waals surface area (Å²) in [6, 6.07) is 5.40. The standard InChI is InChI=1S/C31H47N5O3/c1-32-30(38)6-5-26(22-37)36-21-28-27(31(36)39)3-2-4-29(28)35-17-11-25(12-18-35)20-34-15-9-24(10-16-34)19-23-7-13-33-14-8-23/h2-4,22-26,33H,5-21H2,1H3,(H,32,38). The molecule has 1 atom stereocenters. The summed E-state index contributed by atoms with van der Waals surface area (Å²) in [6.45, 7) is 8.62. The van der Waals surface area contributed by atoms with E-state index in [0.29, 0.717) is 18.5 Å². The molecule has 5 rings (SSSR count). The Morgan fingerprint density at radius 1 is 1.03 bits per heavy atom. The van der Waals surface area contributed by atoms with Crippen LogP contribution in [0.5, 0.6) is 0 Å². The van der Waals surface area contributed by atoms with E-state index in [1.807, 2.05) is 12.1 Å². The number of carbonyl (C=O) groups excluding carboxylic acids is 3. The minimum Gasteiger partial charge on any atom is -0.371 e. The molecule has 8 nitrogen and oxygen atoms in total. The van der Waals surface area contributed by atoms with Crippen LogP contribution in [0.4, 0.5) is 5.69 Å². The van der Waals surface area contributed by atoms with E-state index in [9.17, 15) is 14.4 Å². The molecular weight excluding hydrogens is 490 g/mol. The minimum atomic E-state index is -0.579. The quantitative estimate of drug-likeness (QED) is 0.447. The van der Waals surface area contributed by atoms with Crippen LogP contribution in [0, 0.1) is 17.8 Å². The Hall–Kier alpha value is -2.45. The Labute approximate surface area is 233 Å². The van der Waals surface area contributed by atoms with Crippen LogP contribution in [-0.4, -0.2) is 86.8 Å². The number of nitrogens with zero attached hydrogens (tertiary/aromatic N) is 3. The van der Waals surface area contributed by atoms with Gasteiger partial charge in [0, 0.05) is 56.5 Å². The largest absolute Gasteiger partial charge is 0.371 e. The molecule has 0 aliphatic carbocycles. The first-order valence-corrected chi connectivity index (χ1v) is 15.3. The zero-order valence-electron chi connectivity index (χ0n) is 23.7. The number of fused-ring (bicyclic) bond motifs is 1. The molecule has 4 heterocycles. The molecule has 4 aliphatic rings. The molecule has 39 heavy (non-hydrogen) atoms. The predicted octanol–water partition coefficient (Wildman–Crippen LogP) is 3.05. The highest BCUT2D eigenvalue weighted by atomic mass is 16.2. The smallest absolute Gasteiger partial charge is 0.255 e. The number of amides is 2. The van der Waals surface area contributed by atoms with Crippen molar-refractivity contribution in [2.24, 2.45) is 17.8 Å². The van der Waals surface area contributed by atoms with E-state index in [1.165, 1.54) is 77.7 Å². The third-order valence-electron chi connectivity index (χ3n) is 9.78. The molecule has 1 unspecified atom stereocenters. The summed E-state index contributed by atoms with van der Waals surface area (Å²) in [5.41, 5.74) is 2.87. The van der Waals surface area contributed by atoms with E-state index in [2.05, 4.69) is 26.5 Å². The van der Waals surface area contributed by atoms with Gasteiger partial charge in [-0.1, -0.05) is 6.07 Å². The number of carbonyl (C=O) groups is 3. The van der Waals surface area contributed by atoms with E-state index in [-0.39, 0.29) is 18.2 Å². The van der Waals surface area contributed by atoms with Gasteiger partial charge in [0.2, 0.25) is 5.91 Å². The maximum absolute atomic E-state index is 13.2. The van der Waals surface area contributed by atoms with Gasteiger partial charge in [-0.15, -0.1) is 0 Å². The lowest BCUT2D eigenvalue weighted by molar-refractivity contribution is -0.121. The zero-order valence-corrected chi connectivity index (χ0v) is 23.7. The maximum atomic E-state index is 13.2. The fourth-order valence-corrected chi connectivity index (χ4v) is 7.32. The van der Waals surface area contributed by atoms with Crippen molar-refractivity contribution in [2.75, 3.05) is 57.8 Å². The first kappa shape index (κ1) is 28.1. The average Bonchev–Trinajstić information content (AvgIpc) is 3.31. The number of likely N-dealkylation sites (tertiary alicyclic amines) is 1. The van der Waals surface area contributed by atoms with Gasteiger partial charge in [0.25, 0.3) is 5.91 Å². The normalized spacial score (nSPS) is 22.6. The lowest BCUT2D eigenvalue weighted by atomic mass is 9.83. The number of hydrogen-bond donors (Lipinski definition) is 2. The second-order valence-electron chi connectivity index (χ2n) is 12.3. The summed E-state index contributed by atoms with van der Waals surface area (Å²) in [5.74, 6) is 2.40. The van der Waals surface area contributed by atoms with Crippen molar-refractivity contribution in [3.63, 3.8) is 0 Å². The highest BCUT2D eigenvalue weighted by Gasteiger charge is 2.36. The lowest BCUT2D eigenvalue weighted by Crippen LogP contribution is -2.42. The van der Waals surface area contributed by atoms with Gasteiger partial charge in [-0.05, 0) is 107 Å². The van der Waals surface area contributed by atoms with Crippen LogP contribution in [0.25, 0.3) is 0 Å². The molecule has 0 spiro atoms. The molecule has 4 aliphatic heterocycles. The number of aldehydes is 1. The van der Waals surface area contributed by atoms with Crippen LogP contribution in [0.3, 0.4) is 0 Å². The molecule has 0 saturated carbocycles. The van der Waals surface area contributed by atoms with E-state index in [0.717, 1.165) is 48.4 Å². The van der Waals surface area contributed by atoms with Crippen molar-refractivity contribution >= 4 is 23.8 Å². The lowest BCUT2D eigenvalue weighted by Gasteiger charge is -2.39. The number of hydrogen-bond acceptors (Lipinski definition) is 6. The Balaban J connectivity index is 1.10. The van der Waals surface area contributed by atoms with E-state index < -0.39 is 6.04 Å². The Bertz CT molecular complexity index is 994. The van der Waals surface area contributed by atoms with Gasteiger partial charge in [-0.25, -0.2) is 0 Å². The fraction of sp³-hybridized carbons (Fsp3) is 0.710. The molecular formula is C31H47N5O3.